The molecule has 0 fully saturated rings. The van der Waals surface area contributed by atoms with Crippen LogP contribution in [0, 0.1) is 0 Å². The lowest BCUT2D eigenvalue weighted by Crippen LogP contribution is -2.40. The summed E-state index contributed by atoms with van der Waals surface area (Å²) < 4.78 is 22.8. The molecule has 0 spiro atoms. The quantitative estimate of drug-likeness (QED) is 0.703. The maximum atomic E-state index is 11.4. The first kappa shape index (κ1) is 11.9. The highest BCUT2D eigenvalue weighted by Gasteiger charge is 2.25. The van der Waals surface area contributed by atoms with E-state index in [0.717, 1.165) is 6.42 Å². The molecule has 3 nitrogen and oxygen atoms in total. The maximum Gasteiger partial charge on any atom is 0.154 e. The van der Waals surface area contributed by atoms with Gasteiger partial charge < -0.3 is 5.32 Å². The van der Waals surface area contributed by atoms with E-state index in [0.29, 0.717) is 0 Å². The van der Waals surface area contributed by atoms with E-state index in [1.54, 1.807) is 20.9 Å². The zero-order valence-electron chi connectivity index (χ0n) is 8.29. The van der Waals surface area contributed by atoms with Gasteiger partial charge in [0, 0.05) is 11.8 Å². The van der Waals surface area contributed by atoms with Gasteiger partial charge in [0.1, 0.15) is 0 Å². The van der Waals surface area contributed by atoms with Crippen molar-refractivity contribution >= 4 is 9.84 Å². The van der Waals surface area contributed by atoms with E-state index in [1.165, 1.54) is 0 Å². The third-order valence-corrected chi connectivity index (χ3v) is 4.61. The number of nitrogens with one attached hydrogen (secondary N) is 1. The fourth-order valence-corrected chi connectivity index (χ4v) is 2.64. The monoisotopic (exact) mass is 193 g/mol. The lowest BCUT2D eigenvalue weighted by atomic mass is 10.2. The van der Waals surface area contributed by atoms with E-state index in [-0.39, 0.29) is 17.0 Å². The van der Waals surface area contributed by atoms with Gasteiger partial charge in [-0.3, -0.25) is 0 Å². The molecular weight excluding hydrogens is 174 g/mol. The van der Waals surface area contributed by atoms with Crippen molar-refractivity contribution in [3.63, 3.8) is 0 Å². The molecule has 0 bridgehead atoms. The van der Waals surface area contributed by atoms with Crippen LogP contribution in [0.3, 0.4) is 0 Å². The molecule has 2 unspecified atom stereocenters. The van der Waals surface area contributed by atoms with Gasteiger partial charge in [-0.05, 0) is 20.4 Å². The lowest BCUT2D eigenvalue weighted by Gasteiger charge is -2.21. The topological polar surface area (TPSA) is 46.2 Å². The van der Waals surface area contributed by atoms with Crippen LogP contribution in [0.5, 0.6) is 0 Å². The largest absolute Gasteiger partial charge is 0.316 e. The summed E-state index contributed by atoms with van der Waals surface area (Å²) in [6.07, 6.45) is 0.844. The van der Waals surface area contributed by atoms with Crippen LogP contribution in [0.15, 0.2) is 0 Å². The zero-order valence-corrected chi connectivity index (χ0v) is 9.11. The van der Waals surface area contributed by atoms with Gasteiger partial charge in [0.05, 0.1) is 5.25 Å². The van der Waals surface area contributed by atoms with Crippen molar-refractivity contribution in [1.29, 1.82) is 0 Å². The fraction of sp³-hybridized carbons (Fsp3) is 1.00. The molecular formula is C8H19NO2S. The summed E-state index contributed by atoms with van der Waals surface area (Å²) in [5, 5.41) is 2.73. The van der Waals surface area contributed by atoms with Crippen LogP contribution in [0.1, 0.15) is 27.2 Å². The van der Waals surface area contributed by atoms with E-state index in [1.807, 2.05) is 6.92 Å². The minimum Gasteiger partial charge on any atom is -0.316 e. The van der Waals surface area contributed by atoms with E-state index in [2.05, 4.69) is 5.32 Å². The number of hydrogen-bond donors (Lipinski definition) is 1. The van der Waals surface area contributed by atoms with Crippen LogP contribution in [0.4, 0.5) is 0 Å². The van der Waals surface area contributed by atoms with Crippen molar-refractivity contribution in [3.8, 4) is 0 Å². The molecule has 0 radical (unpaired) electrons. The Hall–Kier alpha value is -0.0900. The SMILES string of the molecule is CCC(NC)C(C)S(=O)(=O)CC. The summed E-state index contributed by atoms with van der Waals surface area (Å²) in [5.74, 6) is 0.229. The highest BCUT2D eigenvalue weighted by atomic mass is 32.2. The molecule has 0 heterocycles. The van der Waals surface area contributed by atoms with Gasteiger partial charge in [0.25, 0.3) is 0 Å². The normalized spacial score (nSPS) is 17.3. The molecule has 0 saturated heterocycles. The Kier molecular flexibility index (Phi) is 4.78. The molecule has 12 heavy (non-hydrogen) atoms. The third kappa shape index (κ3) is 2.75. The highest BCUT2D eigenvalue weighted by molar-refractivity contribution is 7.92. The summed E-state index contributed by atoms with van der Waals surface area (Å²) in [6.45, 7) is 5.44. The van der Waals surface area contributed by atoms with Crippen molar-refractivity contribution in [2.24, 2.45) is 0 Å². The van der Waals surface area contributed by atoms with Crippen LogP contribution in [0.25, 0.3) is 0 Å². The van der Waals surface area contributed by atoms with Gasteiger partial charge >= 0.3 is 0 Å². The fourth-order valence-electron chi connectivity index (χ4n) is 1.28. The molecule has 0 saturated carbocycles. The van der Waals surface area contributed by atoms with Crippen LogP contribution in [-0.2, 0) is 9.84 Å². The smallest absolute Gasteiger partial charge is 0.154 e. The third-order valence-electron chi connectivity index (χ3n) is 2.35. The summed E-state index contributed by atoms with van der Waals surface area (Å²) in [5.41, 5.74) is 0. The molecule has 0 aromatic heterocycles. The molecule has 0 aromatic carbocycles. The molecule has 0 amide bonds. The van der Waals surface area contributed by atoms with Crippen LogP contribution in [0.2, 0.25) is 0 Å². The molecule has 0 aromatic rings. The average Bonchev–Trinajstić information content (AvgIpc) is 2.06. The Labute approximate surface area is 75.5 Å². The average molecular weight is 193 g/mol. The summed E-state index contributed by atoms with van der Waals surface area (Å²) in [4.78, 5) is 0. The first-order chi connectivity index (χ1) is 5.49. The predicted molar refractivity (Wildman–Crippen MR) is 52.1 cm³/mol. The Morgan fingerprint density at radius 3 is 2.08 bits per heavy atom. The number of rotatable bonds is 5. The Morgan fingerprint density at radius 1 is 1.33 bits per heavy atom. The van der Waals surface area contributed by atoms with E-state index >= 15 is 0 Å². The summed E-state index contributed by atoms with van der Waals surface area (Å²) in [6, 6.07) is 0.0787. The second-order valence-corrected chi connectivity index (χ2v) is 5.61. The van der Waals surface area contributed by atoms with Crippen LogP contribution < -0.4 is 5.32 Å². The van der Waals surface area contributed by atoms with Gasteiger partial charge in [-0.25, -0.2) is 8.42 Å². The van der Waals surface area contributed by atoms with E-state index in [9.17, 15) is 8.42 Å². The molecule has 0 aliphatic rings. The highest BCUT2D eigenvalue weighted by Crippen LogP contribution is 2.09. The summed E-state index contributed by atoms with van der Waals surface area (Å²) in [7, 11) is -1.08. The lowest BCUT2D eigenvalue weighted by molar-refractivity contribution is 0.505. The first-order valence-corrected chi connectivity index (χ1v) is 6.09. The molecule has 0 aliphatic heterocycles. The first-order valence-electron chi connectivity index (χ1n) is 4.38. The van der Waals surface area contributed by atoms with Gasteiger partial charge in [0.2, 0.25) is 0 Å². The maximum absolute atomic E-state index is 11.4. The van der Waals surface area contributed by atoms with Crippen molar-refractivity contribution in [1.82, 2.24) is 5.32 Å². The van der Waals surface area contributed by atoms with Crippen LogP contribution >= 0.6 is 0 Å². The Balaban J connectivity index is 4.46. The second kappa shape index (κ2) is 4.82. The van der Waals surface area contributed by atoms with Crippen LogP contribution in [-0.4, -0.2) is 32.5 Å². The van der Waals surface area contributed by atoms with E-state index < -0.39 is 9.84 Å². The molecule has 74 valence electrons. The zero-order chi connectivity index (χ0) is 9.78. The molecule has 1 N–H and O–H groups in total. The van der Waals surface area contributed by atoms with E-state index in [4.69, 9.17) is 0 Å². The van der Waals surface area contributed by atoms with Crippen molar-refractivity contribution in [3.05, 3.63) is 0 Å². The molecule has 2 atom stereocenters. The Morgan fingerprint density at radius 2 is 1.83 bits per heavy atom. The number of sulfone groups is 1. The summed E-state index contributed by atoms with van der Waals surface area (Å²) >= 11 is 0. The second-order valence-electron chi connectivity index (χ2n) is 2.96. The standard InChI is InChI=1S/C8H19NO2S/c1-5-8(9-4)7(3)12(10,11)6-2/h7-9H,5-6H2,1-4H3. The van der Waals surface area contributed by atoms with Crippen molar-refractivity contribution in [2.45, 2.75) is 38.5 Å². The Bertz CT molecular complexity index is 207. The van der Waals surface area contributed by atoms with Gasteiger partial charge in [-0.1, -0.05) is 13.8 Å². The van der Waals surface area contributed by atoms with Gasteiger partial charge in [-0.2, -0.15) is 0 Å². The molecule has 0 rings (SSSR count). The van der Waals surface area contributed by atoms with Crippen molar-refractivity contribution in [2.75, 3.05) is 12.8 Å². The van der Waals surface area contributed by atoms with Gasteiger partial charge in [0.15, 0.2) is 9.84 Å². The molecule has 4 heteroatoms. The predicted octanol–water partition coefficient (Wildman–Crippen LogP) is 0.808. The minimum absolute atomic E-state index is 0.0787. The van der Waals surface area contributed by atoms with Gasteiger partial charge in [-0.15, -0.1) is 0 Å². The molecule has 0 aliphatic carbocycles. The number of hydrogen-bond acceptors (Lipinski definition) is 3. The minimum atomic E-state index is -2.88. The van der Waals surface area contributed by atoms with Crippen molar-refractivity contribution < 1.29 is 8.42 Å².